The quantitative estimate of drug-likeness (QED) is 0.321. The minimum atomic E-state index is -3.08. The number of carbonyl (C=O) groups is 1. The topological polar surface area (TPSA) is 17.1 Å². The fraction of sp³-hybridized carbons (Fsp3) is 0.296. The summed E-state index contributed by atoms with van der Waals surface area (Å²) in [4.78, 5) is 12.8. The summed E-state index contributed by atoms with van der Waals surface area (Å²) >= 11 is 0. The van der Waals surface area contributed by atoms with E-state index in [0.29, 0.717) is 5.56 Å². The lowest BCUT2D eigenvalue weighted by Gasteiger charge is -2.14. The Bertz CT molecular complexity index is 1020. The van der Waals surface area contributed by atoms with Gasteiger partial charge in [0.1, 0.15) is 5.82 Å². The molecule has 31 heavy (non-hydrogen) atoms. The standard InChI is InChI=1S/C27H27F3O/c1-3-5-18-7-9-20(10-8-18)17-24(31)23-16-15-22(26(28)25(23)27(29)30)21-13-11-19(6-4-2)12-14-21/h7-16,27H,3-6,17H2,1-2H3. The van der Waals surface area contributed by atoms with E-state index in [-0.39, 0.29) is 17.5 Å². The summed E-state index contributed by atoms with van der Waals surface area (Å²) in [5.41, 5.74) is 2.52. The summed E-state index contributed by atoms with van der Waals surface area (Å²) in [5.74, 6) is -1.54. The zero-order chi connectivity index (χ0) is 22.4. The fourth-order valence-corrected chi connectivity index (χ4v) is 3.81. The van der Waals surface area contributed by atoms with Gasteiger partial charge in [-0.1, -0.05) is 87.4 Å². The van der Waals surface area contributed by atoms with Crippen LogP contribution in [0.2, 0.25) is 0 Å². The molecule has 0 aliphatic heterocycles. The van der Waals surface area contributed by atoms with Crippen LogP contribution in [0.1, 0.15) is 65.7 Å². The molecule has 0 heterocycles. The maximum absolute atomic E-state index is 15.1. The summed E-state index contributed by atoms with van der Waals surface area (Å²) in [5, 5.41) is 0. The average Bonchev–Trinajstić information content (AvgIpc) is 2.75. The fourth-order valence-electron chi connectivity index (χ4n) is 3.81. The van der Waals surface area contributed by atoms with E-state index in [4.69, 9.17) is 0 Å². The van der Waals surface area contributed by atoms with Gasteiger partial charge in [-0.2, -0.15) is 0 Å². The van der Waals surface area contributed by atoms with Gasteiger partial charge in [-0.15, -0.1) is 0 Å². The Morgan fingerprint density at radius 1 is 0.774 bits per heavy atom. The second-order valence-corrected chi connectivity index (χ2v) is 7.80. The van der Waals surface area contributed by atoms with Crippen LogP contribution in [0.4, 0.5) is 13.2 Å². The summed E-state index contributed by atoms with van der Waals surface area (Å²) in [6.07, 6.45) is 0.722. The van der Waals surface area contributed by atoms with Crippen molar-refractivity contribution in [1.29, 1.82) is 0 Å². The first-order valence-corrected chi connectivity index (χ1v) is 10.8. The first kappa shape index (κ1) is 22.8. The Balaban J connectivity index is 1.90. The van der Waals surface area contributed by atoms with E-state index in [1.165, 1.54) is 12.1 Å². The molecular formula is C27H27F3O. The number of ketones is 1. The van der Waals surface area contributed by atoms with Crippen LogP contribution in [0, 0.1) is 5.82 Å². The smallest absolute Gasteiger partial charge is 0.267 e. The molecule has 4 heteroatoms. The Morgan fingerprint density at radius 2 is 1.29 bits per heavy atom. The molecular weight excluding hydrogens is 397 g/mol. The van der Waals surface area contributed by atoms with E-state index in [0.717, 1.165) is 42.4 Å². The van der Waals surface area contributed by atoms with Crippen LogP contribution in [0.25, 0.3) is 11.1 Å². The monoisotopic (exact) mass is 424 g/mol. The number of halogens is 3. The molecule has 0 N–H and O–H groups in total. The van der Waals surface area contributed by atoms with Crippen LogP contribution >= 0.6 is 0 Å². The minimum absolute atomic E-state index is 0.0450. The van der Waals surface area contributed by atoms with Gasteiger partial charge in [-0.05, 0) is 35.1 Å². The molecule has 3 aromatic carbocycles. The number of carbonyl (C=O) groups excluding carboxylic acids is 1. The normalized spacial score (nSPS) is 11.2. The number of hydrogen-bond donors (Lipinski definition) is 0. The van der Waals surface area contributed by atoms with E-state index in [2.05, 4.69) is 13.8 Å². The highest BCUT2D eigenvalue weighted by Gasteiger charge is 2.25. The SMILES string of the molecule is CCCc1ccc(CC(=O)c2ccc(-c3ccc(CCC)cc3)c(F)c2C(F)F)cc1. The van der Waals surface area contributed by atoms with Crippen LogP contribution < -0.4 is 0 Å². The van der Waals surface area contributed by atoms with Crippen LogP contribution in [0.3, 0.4) is 0 Å². The predicted octanol–water partition coefficient (Wildman–Crippen LogP) is 7.76. The van der Waals surface area contributed by atoms with Gasteiger partial charge in [0.15, 0.2) is 5.78 Å². The maximum atomic E-state index is 15.1. The molecule has 0 saturated carbocycles. The zero-order valence-corrected chi connectivity index (χ0v) is 17.9. The average molecular weight is 425 g/mol. The van der Waals surface area contributed by atoms with Crippen molar-refractivity contribution in [1.82, 2.24) is 0 Å². The van der Waals surface area contributed by atoms with Gasteiger partial charge in [0, 0.05) is 17.5 Å². The van der Waals surface area contributed by atoms with E-state index >= 15 is 4.39 Å². The van der Waals surface area contributed by atoms with Gasteiger partial charge >= 0.3 is 0 Å². The molecule has 0 amide bonds. The lowest BCUT2D eigenvalue weighted by atomic mass is 9.93. The molecule has 162 valence electrons. The molecule has 0 bridgehead atoms. The molecule has 0 fully saturated rings. The largest absolute Gasteiger partial charge is 0.294 e. The Hall–Kier alpha value is -2.88. The third-order valence-corrected chi connectivity index (χ3v) is 5.43. The third-order valence-electron chi connectivity index (χ3n) is 5.43. The molecule has 0 radical (unpaired) electrons. The van der Waals surface area contributed by atoms with Crippen molar-refractivity contribution in [3.63, 3.8) is 0 Å². The van der Waals surface area contributed by atoms with Crippen molar-refractivity contribution in [3.05, 3.63) is 94.3 Å². The number of benzene rings is 3. The van der Waals surface area contributed by atoms with E-state index < -0.39 is 23.6 Å². The van der Waals surface area contributed by atoms with Crippen molar-refractivity contribution in [2.24, 2.45) is 0 Å². The molecule has 0 aliphatic rings. The lowest BCUT2D eigenvalue weighted by molar-refractivity contribution is 0.0976. The Labute approximate surface area is 181 Å². The predicted molar refractivity (Wildman–Crippen MR) is 119 cm³/mol. The van der Waals surface area contributed by atoms with Crippen molar-refractivity contribution in [3.8, 4) is 11.1 Å². The molecule has 0 aromatic heterocycles. The van der Waals surface area contributed by atoms with Crippen molar-refractivity contribution in [2.45, 2.75) is 52.4 Å². The highest BCUT2D eigenvalue weighted by Crippen LogP contribution is 2.34. The van der Waals surface area contributed by atoms with Crippen molar-refractivity contribution < 1.29 is 18.0 Å². The van der Waals surface area contributed by atoms with Gasteiger partial charge in [0.2, 0.25) is 0 Å². The van der Waals surface area contributed by atoms with Gasteiger partial charge in [0.25, 0.3) is 6.43 Å². The zero-order valence-electron chi connectivity index (χ0n) is 17.9. The summed E-state index contributed by atoms with van der Waals surface area (Å²) in [7, 11) is 0. The number of aryl methyl sites for hydroxylation is 2. The number of Topliss-reactive ketones (excluding diaryl/α,β-unsaturated/α-hetero) is 1. The van der Waals surface area contributed by atoms with E-state index in [1.807, 2.05) is 36.4 Å². The first-order chi connectivity index (χ1) is 14.9. The summed E-state index contributed by atoms with van der Waals surface area (Å²) < 4.78 is 42.7. The van der Waals surface area contributed by atoms with Gasteiger partial charge < -0.3 is 0 Å². The van der Waals surface area contributed by atoms with E-state index in [1.54, 1.807) is 12.1 Å². The lowest BCUT2D eigenvalue weighted by Crippen LogP contribution is -2.10. The van der Waals surface area contributed by atoms with Gasteiger partial charge in [0.05, 0.1) is 5.56 Å². The number of hydrogen-bond acceptors (Lipinski definition) is 1. The van der Waals surface area contributed by atoms with Crippen molar-refractivity contribution >= 4 is 5.78 Å². The molecule has 1 nitrogen and oxygen atoms in total. The molecule has 0 aliphatic carbocycles. The Kier molecular flexibility index (Phi) is 7.67. The highest BCUT2D eigenvalue weighted by molar-refractivity contribution is 5.99. The van der Waals surface area contributed by atoms with E-state index in [9.17, 15) is 13.6 Å². The highest BCUT2D eigenvalue weighted by atomic mass is 19.3. The number of alkyl halides is 2. The van der Waals surface area contributed by atoms with Crippen LogP contribution in [-0.4, -0.2) is 5.78 Å². The molecule has 0 saturated heterocycles. The second-order valence-electron chi connectivity index (χ2n) is 7.80. The minimum Gasteiger partial charge on any atom is -0.294 e. The third kappa shape index (κ3) is 5.43. The Morgan fingerprint density at radius 3 is 1.81 bits per heavy atom. The van der Waals surface area contributed by atoms with Crippen LogP contribution in [-0.2, 0) is 19.3 Å². The first-order valence-electron chi connectivity index (χ1n) is 10.8. The van der Waals surface area contributed by atoms with Gasteiger partial charge in [-0.25, -0.2) is 13.2 Å². The van der Waals surface area contributed by atoms with Crippen LogP contribution in [0.15, 0.2) is 60.7 Å². The van der Waals surface area contributed by atoms with Crippen LogP contribution in [0.5, 0.6) is 0 Å². The molecule has 0 atom stereocenters. The van der Waals surface area contributed by atoms with Gasteiger partial charge in [-0.3, -0.25) is 4.79 Å². The molecule has 3 aromatic rings. The van der Waals surface area contributed by atoms with Crippen molar-refractivity contribution in [2.75, 3.05) is 0 Å². The molecule has 3 rings (SSSR count). The maximum Gasteiger partial charge on any atom is 0.267 e. The number of rotatable bonds is 9. The second kappa shape index (κ2) is 10.4. The summed E-state index contributed by atoms with van der Waals surface area (Å²) in [6, 6.07) is 17.5. The molecule has 0 unspecified atom stereocenters. The molecule has 0 spiro atoms. The summed E-state index contributed by atoms with van der Waals surface area (Å²) in [6.45, 7) is 4.15.